The van der Waals surface area contributed by atoms with Gasteiger partial charge in [-0.15, -0.1) is 0 Å². The molecule has 0 spiro atoms. The molecule has 0 saturated heterocycles. The van der Waals surface area contributed by atoms with Gasteiger partial charge in [0.2, 0.25) is 0 Å². The molecule has 0 aliphatic rings. The van der Waals surface area contributed by atoms with E-state index in [1.165, 1.54) is 0 Å². The van der Waals surface area contributed by atoms with Gasteiger partial charge in [-0.2, -0.15) is 0 Å². The number of rotatable bonds is 4. The van der Waals surface area contributed by atoms with Crippen LogP contribution in [0, 0.1) is 5.92 Å². The minimum atomic E-state index is -0.771. The van der Waals surface area contributed by atoms with E-state index in [1.807, 2.05) is 0 Å². The average molecular weight is 194 g/mol. The van der Waals surface area contributed by atoms with Gasteiger partial charge in [-0.25, -0.2) is 0 Å². The predicted octanol–water partition coefficient (Wildman–Crippen LogP) is 1.32. The molecule has 1 aromatic rings. The van der Waals surface area contributed by atoms with E-state index in [0.717, 1.165) is 5.56 Å². The lowest BCUT2D eigenvalue weighted by molar-refractivity contribution is -0.141. The van der Waals surface area contributed by atoms with E-state index in [2.05, 4.69) is 4.98 Å². The van der Waals surface area contributed by atoms with Gasteiger partial charge in [0, 0.05) is 18.1 Å². The molecule has 1 aromatic heterocycles. The molecule has 0 aliphatic heterocycles. The van der Waals surface area contributed by atoms with Gasteiger partial charge in [-0.1, -0.05) is 6.92 Å². The number of aliphatic carboxylic acids is 1. The van der Waals surface area contributed by atoms with Crippen molar-refractivity contribution in [1.82, 2.24) is 4.98 Å². The first-order chi connectivity index (χ1) is 6.61. The molecule has 0 radical (unpaired) electrons. The van der Waals surface area contributed by atoms with Gasteiger partial charge >= 0.3 is 5.97 Å². The lowest BCUT2D eigenvalue weighted by atomic mass is 10.0. The SMILES string of the molecule is CC(CCc1cnccc1N)C(=O)O. The maximum Gasteiger partial charge on any atom is 0.306 e. The zero-order valence-corrected chi connectivity index (χ0v) is 8.10. The van der Waals surface area contributed by atoms with Crippen LogP contribution in [0.15, 0.2) is 18.5 Å². The summed E-state index contributed by atoms with van der Waals surface area (Å²) in [4.78, 5) is 14.5. The Morgan fingerprint density at radius 1 is 1.71 bits per heavy atom. The molecule has 0 aromatic carbocycles. The Morgan fingerprint density at radius 2 is 2.43 bits per heavy atom. The van der Waals surface area contributed by atoms with Crippen molar-refractivity contribution in [3.05, 3.63) is 24.0 Å². The zero-order chi connectivity index (χ0) is 10.6. The van der Waals surface area contributed by atoms with Gasteiger partial charge in [-0.05, 0) is 24.5 Å². The largest absolute Gasteiger partial charge is 0.481 e. The molecule has 1 unspecified atom stereocenters. The summed E-state index contributed by atoms with van der Waals surface area (Å²) in [6.45, 7) is 1.69. The Morgan fingerprint density at radius 3 is 3.00 bits per heavy atom. The summed E-state index contributed by atoms with van der Waals surface area (Å²) < 4.78 is 0. The van der Waals surface area contributed by atoms with Gasteiger partial charge in [0.05, 0.1) is 5.92 Å². The topological polar surface area (TPSA) is 76.2 Å². The lowest BCUT2D eigenvalue weighted by Gasteiger charge is -2.07. The second kappa shape index (κ2) is 4.60. The van der Waals surface area contributed by atoms with Crippen LogP contribution in [0.2, 0.25) is 0 Å². The number of hydrogen-bond acceptors (Lipinski definition) is 3. The first kappa shape index (κ1) is 10.5. The van der Waals surface area contributed by atoms with Crippen LogP contribution in [-0.2, 0) is 11.2 Å². The molecule has 1 atom stereocenters. The van der Waals surface area contributed by atoms with Crippen LogP contribution >= 0.6 is 0 Å². The normalized spacial score (nSPS) is 12.4. The fraction of sp³-hybridized carbons (Fsp3) is 0.400. The fourth-order valence-corrected chi connectivity index (χ4v) is 1.14. The molecule has 0 fully saturated rings. The van der Waals surface area contributed by atoms with Crippen LogP contribution in [0.25, 0.3) is 0 Å². The van der Waals surface area contributed by atoms with Gasteiger partial charge in [0.1, 0.15) is 0 Å². The first-order valence-corrected chi connectivity index (χ1v) is 4.52. The highest BCUT2D eigenvalue weighted by Crippen LogP contribution is 2.14. The second-order valence-corrected chi connectivity index (χ2v) is 3.35. The van der Waals surface area contributed by atoms with Crippen molar-refractivity contribution in [2.24, 2.45) is 5.92 Å². The Kier molecular flexibility index (Phi) is 3.45. The number of nitrogen functional groups attached to an aromatic ring is 1. The van der Waals surface area contributed by atoms with E-state index >= 15 is 0 Å². The van der Waals surface area contributed by atoms with Crippen molar-refractivity contribution in [2.75, 3.05) is 5.73 Å². The van der Waals surface area contributed by atoms with Crippen LogP contribution < -0.4 is 5.73 Å². The number of nitrogens with zero attached hydrogens (tertiary/aromatic N) is 1. The number of aromatic nitrogens is 1. The van der Waals surface area contributed by atoms with Crippen molar-refractivity contribution in [2.45, 2.75) is 19.8 Å². The summed E-state index contributed by atoms with van der Waals surface area (Å²) in [6.07, 6.45) is 4.56. The van der Waals surface area contributed by atoms with Gasteiger partial charge in [0.25, 0.3) is 0 Å². The quantitative estimate of drug-likeness (QED) is 0.757. The van der Waals surface area contributed by atoms with E-state index in [1.54, 1.807) is 25.4 Å². The minimum absolute atomic E-state index is 0.338. The van der Waals surface area contributed by atoms with Crippen LogP contribution in [0.3, 0.4) is 0 Å². The molecule has 3 N–H and O–H groups in total. The molecule has 4 heteroatoms. The Bertz CT molecular complexity index is 326. The predicted molar refractivity (Wildman–Crippen MR) is 53.8 cm³/mol. The average Bonchev–Trinajstić information content (AvgIpc) is 2.16. The van der Waals surface area contributed by atoms with E-state index in [0.29, 0.717) is 18.5 Å². The number of anilines is 1. The summed E-state index contributed by atoms with van der Waals surface area (Å²) >= 11 is 0. The highest BCUT2D eigenvalue weighted by molar-refractivity contribution is 5.69. The highest BCUT2D eigenvalue weighted by Gasteiger charge is 2.11. The number of pyridine rings is 1. The van der Waals surface area contributed by atoms with E-state index in [9.17, 15) is 4.79 Å². The standard InChI is InChI=1S/C10H14N2O2/c1-7(10(13)14)2-3-8-6-12-5-4-9(8)11/h4-7H,2-3H2,1H3,(H2,11,12)(H,13,14). The third-order valence-corrected chi connectivity index (χ3v) is 2.21. The number of carbonyl (C=O) groups is 1. The Labute approximate surface area is 82.8 Å². The monoisotopic (exact) mass is 194 g/mol. The van der Waals surface area contributed by atoms with Crippen molar-refractivity contribution >= 4 is 11.7 Å². The zero-order valence-electron chi connectivity index (χ0n) is 8.10. The van der Waals surface area contributed by atoms with Gasteiger partial charge < -0.3 is 10.8 Å². The van der Waals surface area contributed by atoms with Crippen LogP contribution in [0.5, 0.6) is 0 Å². The third-order valence-electron chi connectivity index (χ3n) is 2.21. The summed E-state index contributed by atoms with van der Waals surface area (Å²) in [5.74, 6) is -1.11. The molecule has 0 saturated carbocycles. The molecular formula is C10H14N2O2. The maximum atomic E-state index is 10.6. The molecule has 0 amide bonds. The van der Waals surface area contributed by atoms with E-state index < -0.39 is 5.97 Å². The van der Waals surface area contributed by atoms with Crippen molar-refractivity contribution in [3.63, 3.8) is 0 Å². The smallest absolute Gasteiger partial charge is 0.306 e. The summed E-state index contributed by atoms with van der Waals surface area (Å²) in [6, 6.07) is 1.72. The lowest BCUT2D eigenvalue weighted by Crippen LogP contribution is -2.10. The summed E-state index contributed by atoms with van der Waals surface area (Å²) in [5.41, 5.74) is 7.29. The third kappa shape index (κ3) is 2.73. The van der Waals surface area contributed by atoms with Gasteiger partial charge in [0.15, 0.2) is 0 Å². The van der Waals surface area contributed by atoms with Crippen LogP contribution in [-0.4, -0.2) is 16.1 Å². The number of aryl methyl sites for hydroxylation is 1. The van der Waals surface area contributed by atoms with Gasteiger partial charge in [-0.3, -0.25) is 9.78 Å². The molecule has 14 heavy (non-hydrogen) atoms. The van der Waals surface area contributed by atoms with Crippen molar-refractivity contribution < 1.29 is 9.90 Å². The number of carboxylic acids is 1. The molecule has 4 nitrogen and oxygen atoms in total. The first-order valence-electron chi connectivity index (χ1n) is 4.52. The van der Waals surface area contributed by atoms with Crippen molar-refractivity contribution in [1.29, 1.82) is 0 Å². The minimum Gasteiger partial charge on any atom is -0.481 e. The summed E-state index contributed by atoms with van der Waals surface area (Å²) in [5, 5.41) is 8.68. The Hall–Kier alpha value is -1.58. The van der Waals surface area contributed by atoms with Crippen LogP contribution in [0.1, 0.15) is 18.9 Å². The molecule has 1 rings (SSSR count). The van der Waals surface area contributed by atoms with E-state index in [4.69, 9.17) is 10.8 Å². The number of carboxylic acid groups (broad SMARTS) is 1. The maximum absolute atomic E-state index is 10.6. The van der Waals surface area contributed by atoms with Crippen LogP contribution in [0.4, 0.5) is 5.69 Å². The highest BCUT2D eigenvalue weighted by atomic mass is 16.4. The van der Waals surface area contributed by atoms with Crippen molar-refractivity contribution in [3.8, 4) is 0 Å². The number of hydrogen-bond donors (Lipinski definition) is 2. The molecule has 76 valence electrons. The Balaban J connectivity index is 2.54. The molecule has 0 aliphatic carbocycles. The molecule has 1 heterocycles. The second-order valence-electron chi connectivity index (χ2n) is 3.35. The fourth-order valence-electron chi connectivity index (χ4n) is 1.14. The molecular weight excluding hydrogens is 180 g/mol. The number of nitrogens with two attached hydrogens (primary N) is 1. The summed E-state index contributed by atoms with van der Waals surface area (Å²) in [7, 11) is 0. The van der Waals surface area contributed by atoms with E-state index in [-0.39, 0.29) is 5.92 Å². The molecule has 0 bridgehead atoms.